The first-order valence-corrected chi connectivity index (χ1v) is 7.25. The summed E-state index contributed by atoms with van der Waals surface area (Å²) in [5.74, 6) is 0.600. The summed E-state index contributed by atoms with van der Waals surface area (Å²) in [6.07, 6.45) is 4.78. The predicted octanol–water partition coefficient (Wildman–Crippen LogP) is 1.24. The largest absolute Gasteiger partial charge is 0.381 e. The smallest absolute Gasteiger partial charge is 0.0777 e. The van der Waals surface area contributed by atoms with Crippen LogP contribution in [0, 0.1) is 5.92 Å². The second-order valence-electron chi connectivity index (χ2n) is 6.01. The van der Waals surface area contributed by atoms with Crippen LogP contribution in [0.1, 0.15) is 32.6 Å². The Bertz CT molecular complexity index is 256. The minimum absolute atomic E-state index is 0.00118. The Morgan fingerprint density at radius 1 is 1.50 bits per heavy atom. The standard InChI is InChI=1S/C14H28N2O2/c1-14(17-2)6-4-7-16(11-14)13(9-15)12-5-3-8-18-10-12/h12-13H,3-11,15H2,1-2H3. The maximum atomic E-state index is 6.03. The Balaban J connectivity index is 1.98. The van der Waals surface area contributed by atoms with E-state index in [0.717, 1.165) is 39.3 Å². The van der Waals surface area contributed by atoms with Crippen molar-refractivity contribution in [2.45, 2.75) is 44.2 Å². The van der Waals surface area contributed by atoms with Crippen LogP contribution in [0.5, 0.6) is 0 Å². The highest BCUT2D eigenvalue weighted by Crippen LogP contribution is 2.29. The highest BCUT2D eigenvalue weighted by atomic mass is 16.5. The van der Waals surface area contributed by atoms with E-state index < -0.39 is 0 Å². The van der Waals surface area contributed by atoms with Crippen LogP contribution in [-0.4, -0.2) is 56.5 Å². The normalized spacial score (nSPS) is 36.5. The SMILES string of the molecule is COC1(C)CCCN(C(CN)C2CCCOC2)C1. The van der Waals surface area contributed by atoms with Gasteiger partial charge in [0.05, 0.1) is 12.2 Å². The van der Waals surface area contributed by atoms with E-state index in [2.05, 4.69) is 11.8 Å². The fourth-order valence-electron chi connectivity index (χ4n) is 3.40. The van der Waals surface area contributed by atoms with Gasteiger partial charge in [-0.3, -0.25) is 4.90 Å². The third-order valence-electron chi connectivity index (χ3n) is 4.63. The van der Waals surface area contributed by atoms with E-state index in [0.29, 0.717) is 12.0 Å². The Kier molecular flexibility index (Phi) is 5.01. The summed E-state index contributed by atoms with van der Waals surface area (Å²) in [6, 6.07) is 0.458. The lowest BCUT2D eigenvalue weighted by Crippen LogP contribution is -2.56. The van der Waals surface area contributed by atoms with Crippen LogP contribution < -0.4 is 5.73 Å². The van der Waals surface area contributed by atoms with E-state index in [4.69, 9.17) is 15.2 Å². The fourth-order valence-corrected chi connectivity index (χ4v) is 3.40. The Labute approximate surface area is 111 Å². The number of nitrogens with zero attached hydrogens (tertiary/aromatic N) is 1. The predicted molar refractivity (Wildman–Crippen MR) is 72.6 cm³/mol. The number of hydrogen-bond donors (Lipinski definition) is 1. The van der Waals surface area contributed by atoms with Gasteiger partial charge in [0.15, 0.2) is 0 Å². The number of hydrogen-bond acceptors (Lipinski definition) is 4. The zero-order valence-corrected chi connectivity index (χ0v) is 11.9. The molecule has 0 bridgehead atoms. The molecule has 0 aromatic heterocycles. The van der Waals surface area contributed by atoms with E-state index in [1.165, 1.54) is 19.3 Å². The van der Waals surface area contributed by atoms with Gasteiger partial charge in [-0.1, -0.05) is 0 Å². The van der Waals surface area contributed by atoms with Crippen molar-refractivity contribution >= 4 is 0 Å². The number of methoxy groups -OCH3 is 1. The van der Waals surface area contributed by atoms with Gasteiger partial charge in [0.25, 0.3) is 0 Å². The molecule has 2 fully saturated rings. The number of rotatable bonds is 4. The van der Waals surface area contributed by atoms with Crippen LogP contribution in [0.25, 0.3) is 0 Å². The molecule has 18 heavy (non-hydrogen) atoms. The molecule has 4 heteroatoms. The Hall–Kier alpha value is -0.160. The van der Waals surface area contributed by atoms with Crippen molar-refractivity contribution in [3.63, 3.8) is 0 Å². The molecule has 0 aromatic carbocycles. The molecule has 2 aliphatic heterocycles. The van der Waals surface area contributed by atoms with Crippen LogP contribution >= 0.6 is 0 Å². The molecule has 4 nitrogen and oxygen atoms in total. The van der Waals surface area contributed by atoms with Gasteiger partial charge < -0.3 is 15.2 Å². The molecule has 0 saturated carbocycles. The maximum absolute atomic E-state index is 6.03. The third kappa shape index (κ3) is 3.23. The van der Waals surface area contributed by atoms with Crippen molar-refractivity contribution in [3.8, 4) is 0 Å². The van der Waals surface area contributed by atoms with Gasteiger partial charge in [0, 0.05) is 32.8 Å². The molecular formula is C14H28N2O2. The van der Waals surface area contributed by atoms with E-state index in [1.54, 1.807) is 0 Å². The zero-order chi connectivity index (χ0) is 13.0. The molecule has 106 valence electrons. The molecule has 2 N–H and O–H groups in total. The van der Waals surface area contributed by atoms with Gasteiger partial charge in [-0.05, 0) is 45.1 Å². The molecule has 0 aliphatic carbocycles. The van der Waals surface area contributed by atoms with Crippen molar-refractivity contribution in [2.24, 2.45) is 11.7 Å². The molecule has 3 unspecified atom stereocenters. The molecule has 0 radical (unpaired) electrons. The lowest BCUT2D eigenvalue weighted by atomic mass is 9.88. The number of nitrogens with two attached hydrogens (primary N) is 1. The van der Waals surface area contributed by atoms with Crippen LogP contribution in [0.3, 0.4) is 0 Å². The highest BCUT2D eigenvalue weighted by molar-refractivity contribution is 4.91. The molecule has 2 rings (SSSR count). The molecule has 0 aromatic rings. The molecular weight excluding hydrogens is 228 g/mol. The van der Waals surface area contributed by atoms with Crippen LogP contribution in [0.15, 0.2) is 0 Å². The monoisotopic (exact) mass is 256 g/mol. The van der Waals surface area contributed by atoms with E-state index in [9.17, 15) is 0 Å². The van der Waals surface area contributed by atoms with E-state index in [-0.39, 0.29) is 5.60 Å². The van der Waals surface area contributed by atoms with Crippen molar-refractivity contribution in [2.75, 3.05) is 40.0 Å². The van der Waals surface area contributed by atoms with Crippen LogP contribution in [0.2, 0.25) is 0 Å². The zero-order valence-electron chi connectivity index (χ0n) is 11.9. The minimum Gasteiger partial charge on any atom is -0.381 e. The van der Waals surface area contributed by atoms with Crippen LogP contribution in [-0.2, 0) is 9.47 Å². The Morgan fingerprint density at radius 2 is 2.33 bits per heavy atom. The maximum Gasteiger partial charge on any atom is 0.0777 e. The van der Waals surface area contributed by atoms with Gasteiger partial charge in [0.2, 0.25) is 0 Å². The molecule has 0 spiro atoms. The first-order chi connectivity index (χ1) is 8.68. The molecule has 2 heterocycles. The summed E-state index contributed by atoms with van der Waals surface area (Å²) in [6.45, 7) is 6.89. The van der Waals surface area contributed by atoms with Crippen LogP contribution in [0.4, 0.5) is 0 Å². The van der Waals surface area contributed by atoms with Gasteiger partial charge in [0.1, 0.15) is 0 Å². The van der Waals surface area contributed by atoms with Crippen molar-refractivity contribution in [1.82, 2.24) is 4.90 Å². The summed E-state index contributed by atoms with van der Waals surface area (Å²) in [5.41, 5.74) is 6.03. The fraction of sp³-hybridized carbons (Fsp3) is 1.00. The average molecular weight is 256 g/mol. The van der Waals surface area contributed by atoms with Crippen molar-refractivity contribution < 1.29 is 9.47 Å². The number of piperidine rings is 1. The third-order valence-corrected chi connectivity index (χ3v) is 4.63. The van der Waals surface area contributed by atoms with Gasteiger partial charge in [-0.15, -0.1) is 0 Å². The molecule has 2 saturated heterocycles. The second kappa shape index (κ2) is 6.33. The number of ether oxygens (including phenoxy) is 2. The quantitative estimate of drug-likeness (QED) is 0.822. The van der Waals surface area contributed by atoms with Gasteiger partial charge >= 0.3 is 0 Å². The Morgan fingerprint density at radius 3 is 2.94 bits per heavy atom. The summed E-state index contributed by atoms with van der Waals surface area (Å²) in [5, 5.41) is 0. The summed E-state index contributed by atoms with van der Waals surface area (Å²) in [7, 11) is 1.82. The van der Waals surface area contributed by atoms with Gasteiger partial charge in [-0.2, -0.15) is 0 Å². The summed E-state index contributed by atoms with van der Waals surface area (Å²) >= 11 is 0. The van der Waals surface area contributed by atoms with E-state index in [1.807, 2.05) is 7.11 Å². The topological polar surface area (TPSA) is 47.7 Å². The summed E-state index contributed by atoms with van der Waals surface area (Å²) < 4.78 is 11.3. The summed E-state index contributed by atoms with van der Waals surface area (Å²) in [4.78, 5) is 2.53. The van der Waals surface area contributed by atoms with E-state index >= 15 is 0 Å². The lowest BCUT2D eigenvalue weighted by molar-refractivity contribution is -0.0761. The van der Waals surface area contributed by atoms with Gasteiger partial charge in [-0.25, -0.2) is 0 Å². The molecule has 3 atom stereocenters. The first kappa shape index (κ1) is 14.3. The van der Waals surface area contributed by atoms with Crippen molar-refractivity contribution in [3.05, 3.63) is 0 Å². The molecule has 0 amide bonds. The van der Waals surface area contributed by atoms with Crippen molar-refractivity contribution in [1.29, 1.82) is 0 Å². The minimum atomic E-state index is 0.00118. The number of likely N-dealkylation sites (tertiary alicyclic amines) is 1. The average Bonchev–Trinajstić information content (AvgIpc) is 2.41. The first-order valence-electron chi connectivity index (χ1n) is 7.25. The second-order valence-corrected chi connectivity index (χ2v) is 6.01. The lowest BCUT2D eigenvalue weighted by Gasteiger charge is -2.45. The highest BCUT2D eigenvalue weighted by Gasteiger charge is 2.36. The molecule has 2 aliphatic rings.